The second-order valence-corrected chi connectivity index (χ2v) is 4.86. The predicted octanol–water partition coefficient (Wildman–Crippen LogP) is 2.32. The summed E-state index contributed by atoms with van der Waals surface area (Å²) in [6.07, 6.45) is 1.33. The van der Waals surface area contributed by atoms with Crippen LogP contribution in [0.3, 0.4) is 0 Å². The fourth-order valence-corrected chi connectivity index (χ4v) is 2.29. The molecule has 0 fully saturated rings. The summed E-state index contributed by atoms with van der Waals surface area (Å²) >= 11 is 0. The number of ether oxygens (including phenoxy) is 1. The Bertz CT molecular complexity index is 365. The number of rotatable bonds is 4. The molecule has 1 aromatic rings. The lowest BCUT2D eigenvalue weighted by Crippen LogP contribution is -2.36. The number of nitrogens with zero attached hydrogens (tertiary/aromatic N) is 1. The van der Waals surface area contributed by atoms with Gasteiger partial charge >= 0.3 is 0 Å². The fraction of sp³-hybridized carbons (Fsp3) is 0.571. The lowest BCUT2D eigenvalue weighted by molar-refractivity contribution is 0.0838. The first-order valence-corrected chi connectivity index (χ1v) is 6.39. The number of fused-ring (bicyclic) bond motifs is 1. The molecule has 0 spiro atoms. The van der Waals surface area contributed by atoms with Crippen molar-refractivity contribution in [2.75, 3.05) is 24.6 Å². The average Bonchev–Trinajstić information content (AvgIpc) is 2.32. The Labute approximate surface area is 104 Å². The van der Waals surface area contributed by atoms with Crippen LogP contribution in [0, 0.1) is 0 Å². The van der Waals surface area contributed by atoms with Gasteiger partial charge in [-0.2, -0.15) is 0 Å². The van der Waals surface area contributed by atoms with Gasteiger partial charge in [0.2, 0.25) is 0 Å². The zero-order chi connectivity index (χ0) is 12.3. The van der Waals surface area contributed by atoms with Crippen LogP contribution in [0.5, 0.6) is 0 Å². The van der Waals surface area contributed by atoms with Crippen molar-refractivity contribution in [2.45, 2.75) is 32.4 Å². The van der Waals surface area contributed by atoms with E-state index in [1.807, 2.05) is 0 Å². The van der Waals surface area contributed by atoms with Crippen molar-refractivity contribution >= 4 is 5.69 Å². The third-order valence-corrected chi connectivity index (χ3v) is 3.20. The highest BCUT2D eigenvalue weighted by Gasteiger charge is 2.21. The highest BCUT2D eigenvalue weighted by molar-refractivity contribution is 5.56. The van der Waals surface area contributed by atoms with Gasteiger partial charge in [-0.1, -0.05) is 18.2 Å². The molecule has 1 aromatic carbocycles. The molecule has 1 aliphatic heterocycles. The third kappa shape index (κ3) is 2.99. The van der Waals surface area contributed by atoms with Gasteiger partial charge in [-0.3, -0.25) is 0 Å². The van der Waals surface area contributed by atoms with E-state index in [0.29, 0.717) is 6.10 Å². The molecule has 1 heterocycles. The van der Waals surface area contributed by atoms with E-state index in [-0.39, 0.29) is 6.04 Å². The standard InChI is InChI=1S/C14H22N2O/c1-11(2)17-10-9-16-8-7-13(15)12-5-3-4-6-14(12)16/h3-6,11,13H,7-10,15H2,1-2H3. The van der Waals surface area contributed by atoms with E-state index in [1.165, 1.54) is 11.3 Å². The Morgan fingerprint density at radius 3 is 2.94 bits per heavy atom. The Hall–Kier alpha value is -1.06. The van der Waals surface area contributed by atoms with Crippen molar-refractivity contribution in [3.8, 4) is 0 Å². The molecule has 0 aliphatic carbocycles. The van der Waals surface area contributed by atoms with E-state index in [9.17, 15) is 0 Å². The lowest BCUT2D eigenvalue weighted by Gasteiger charge is -2.34. The first kappa shape index (κ1) is 12.4. The minimum atomic E-state index is 0.188. The zero-order valence-electron chi connectivity index (χ0n) is 10.7. The SMILES string of the molecule is CC(C)OCCN1CCC(N)c2ccccc21. The van der Waals surface area contributed by atoms with Gasteiger partial charge < -0.3 is 15.4 Å². The zero-order valence-corrected chi connectivity index (χ0v) is 10.7. The predicted molar refractivity (Wildman–Crippen MR) is 71.3 cm³/mol. The van der Waals surface area contributed by atoms with E-state index in [1.54, 1.807) is 0 Å². The van der Waals surface area contributed by atoms with Gasteiger partial charge in [-0.25, -0.2) is 0 Å². The van der Waals surface area contributed by atoms with Gasteiger partial charge in [0.25, 0.3) is 0 Å². The molecule has 0 aromatic heterocycles. The second-order valence-electron chi connectivity index (χ2n) is 4.86. The van der Waals surface area contributed by atoms with Gasteiger partial charge in [0.1, 0.15) is 0 Å². The fourth-order valence-electron chi connectivity index (χ4n) is 2.29. The molecule has 0 amide bonds. The van der Waals surface area contributed by atoms with Crippen molar-refractivity contribution < 1.29 is 4.74 Å². The first-order valence-electron chi connectivity index (χ1n) is 6.39. The average molecular weight is 234 g/mol. The number of benzene rings is 1. The maximum atomic E-state index is 6.13. The summed E-state index contributed by atoms with van der Waals surface area (Å²) in [6, 6.07) is 8.62. The molecule has 94 valence electrons. The van der Waals surface area contributed by atoms with Crippen molar-refractivity contribution in [2.24, 2.45) is 5.73 Å². The summed E-state index contributed by atoms with van der Waals surface area (Å²) in [4.78, 5) is 2.38. The molecule has 1 unspecified atom stereocenters. The van der Waals surface area contributed by atoms with Crippen LogP contribution < -0.4 is 10.6 Å². The van der Waals surface area contributed by atoms with Crippen molar-refractivity contribution in [1.29, 1.82) is 0 Å². The van der Waals surface area contributed by atoms with E-state index in [2.05, 4.69) is 43.0 Å². The van der Waals surface area contributed by atoms with E-state index in [4.69, 9.17) is 10.5 Å². The van der Waals surface area contributed by atoms with Gasteiger partial charge in [0, 0.05) is 24.8 Å². The van der Waals surface area contributed by atoms with Crippen LogP contribution in [0.1, 0.15) is 31.9 Å². The van der Waals surface area contributed by atoms with Crippen LogP contribution in [-0.2, 0) is 4.74 Å². The summed E-state index contributed by atoms with van der Waals surface area (Å²) in [5, 5.41) is 0. The topological polar surface area (TPSA) is 38.5 Å². The van der Waals surface area contributed by atoms with Crippen LogP contribution in [0.2, 0.25) is 0 Å². The van der Waals surface area contributed by atoms with Crippen molar-refractivity contribution in [3.63, 3.8) is 0 Å². The highest BCUT2D eigenvalue weighted by Crippen LogP contribution is 2.31. The quantitative estimate of drug-likeness (QED) is 0.869. The van der Waals surface area contributed by atoms with Gasteiger partial charge in [0.15, 0.2) is 0 Å². The van der Waals surface area contributed by atoms with E-state index >= 15 is 0 Å². The molecular formula is C14H22N2O. The Kier molecular flexibility index (Phi) is 4.02. The number of hydrogen-bond donors (Lipinski definition) is 1. The van der Waals surface area contributed by atoms with Crippen LogP contribution in [-0.4, -0.2) is 25.8 Å². The van der Waals surface area contributed by atoms with Gasteiger partial charge in [-0.15, -0.1) is 0 Å². The summed E-state index contributed by atoms with van der Waals surface area (Å²) in [6.45, 7) is 6.89. The number of para-hydroxylation sites is 1. The van der Waals surface area contributed by atoms with Crippen molar-refractivity contribution in [1.82, 2.24) is 0 Å². The summed E-state index contributed by atoms with van der Waals surface area (Å²) in [7, 11) is 0. The summed E-state index contributed by atoms with van der Waals surface area (Å²) in [5.41, 5.74) is 8.67. The van der Waals surface area contributed by atoms with E-state index in [0.717, 1.165) is 26.1 Å². The number of hydrogen-bond acceptors (Lipinski definition) is 3. The third-order valence-electron chi connectivity index (χ3n) is 3.20. The molecule has 3 heteroatoms. The largest absolute Gasteiger partial charge is 0.377 e. The van der Waals surface area contributed by atoms with Crippen molar-refractivity contribution in [3.05, 3.63) is 29.8 Å². The lowest BCUT2D eigenvalue weighted by atomic mass is 9.97. The Morgan fingerprint density at radius 1 is 1.41 bits per heavy atom. The maximum absolute atomic E-state index is 6.13. The Morgan fingerprint density at radius 2 is 2.18 bits per heavy atom. The monoisotopic (exact) mass is 234 g/mol. The van der Waals surface area contributed by atoms with Gasteiger partial charge in [0.05, 0.1) is 12.7 Å². The molecule has 2 rings (SSSR count). The van der Waals surface area contributed by atoms with Gasteiger partial charge in [-0.05, 0) is 31.9 Å². The molecule has 0 radical (unpaired) electrons. The molecular weight excluding hydrogens is 212 g/mol. The number of anilines is 1. The molecule has 0 bridgehead atoms. The minimum Gasteiger partial charge on any atom is -0.377 e. The molecule has 0 saturated carbocycles. The van der Waals surface area contributed by atoms with Crippen LogP contribution >= 0.6 is 0 Å². The summed E-state index contributed by atoms with van der Waals surface area (Å²) < 4.78 is 5.61. The minimum absolute atomic E-state index is 0.188. The smallest absolute Gasteiger partial charge is 0.0645 e. The molecule has 3 nitrogen and oxygen atoms in total. The Balaban J connectivity index is 2.03. The van der Waals surface area contributed by atoms with Crippen LogP contribution in [0.25, 0.3) is 0 Å². The van der Waals surface area contributed by atoms with E-state index < -0.39 is 0 Å². The molecule has 0 saturated heterocycles. The molecule has 2 N–H and O–H groups in total. The molecule has 17 heavy (non-hydrogen) atoms. The molecule has 1 aliphatic rings. The first-order chi connectivity index (χ1) is 8.18. The normalized spacial score (nSPS) is 19.5. The number of nitrogens with two attached hydrogens (primary N) is 1. The maximum Gasteiger partial charge on any atom is 0.0645 e. The molecule has 1 atom stereocenters. The summed E-state index contributed by atoms with van der Waals surface area (Å²) in [5.74, 6) is 0. The van der Waals surface area contributed by atoms with Crippen LogP contribution in [0.4, 0.5) is 5.69 Å². The van der Waals surface area contributed by atoms with Crippen LogP contribution in [0.15, 0.2) is 24.3 Å². The second kappa shape index (κ2) is 5.52. The highest BCUT2D eigenvalue weighted by atomic mass is 16.5.